The van der Waals surface area contributed by atoms with E-state index in [1.54, 1.807) is 0 Å². The molecule has 27 heavy (non-hydrogen) atoms. The minimum absolute atomic E-state index is 0.0441. The second-order valence-electron chi connectivity index (χ2n) is 7.68. The standard InChI is InChI=1S/C22H42O5/c1-3-5-6-7-8-9-10-11-12-13-14-16-19(23)17-22(26)27-20(15-4-2)18-21(24)25/h19-20,23H,3-18H2,1-2H3,(H,24,25). The van der Waals surface area contributed by atoms with Gasteiger partial charge in [0, 0.05) is 0 Å². The van der Waals surface area contributed by atoms with E-state index in [9.17, 15) is 14.7 Å². The van der Waals surface area contributed by atoms with Crippen molar-refractivity contribution < 1.29 is 24.5 Å². The summed E-state index contributed by atoms with van der Waals surface area (Å²) in [7, 11) is 0. The van der Waals surface area contributed by atoms with Crippen LogP contribution in [0.2, 0.25) is 0 Å². The molecular formula is C22H42O5. The summed E-state index contributed by atoms with van der Waals surface area (Å²) >= 11 is 0. The number of unbranched alkanes of at least 4 members (excludes halogenated alkanes) is 10. The zero-order valence-electron chi connectivity index (χ0n) is 17.6. The molecule has 0 bridgehead atoms. The summed E-state index contributed by atoms with van der Waals surface area (Å²) in [6.07, 6.45) is 14.2. The number of carbonyl (C=O) groups is 2. The van der Waals surface area contributed by atoms with Gasteiger partial charge in [-0.2, -0.15) is 0 Å². The van der Waals surface area contributed by atoms with Gasteiger partial charge in [0.15, 0.2) is 0 Å². The molecule has 0 rings (SSSR count). The molecule has 160 valence electrons. The molecule has 0 aliphatic rings. The molecule has 5 nitrogen and oxygen atoms in total. The van der Waals surface area contributed by atoms with E-state index in [-0.39, 0.29) is 12.8 Å². The molecule has 0 aliphatic heterocycles. The molecule has 0 heterocycles. The highest BCUT2D eigenvalue weighted by molar-refractivity contribution is 5.71. The largest absolute Gasteiger partial charge is 0.481 e. The topological polar surface area (TPSA) is 83.8 Å². The summed E-state index contributed by atoms with van der Waals surface area (Å²) < 4.78 is 5.20. The summed E-state index contributed by atoms with van der Waals surface area (Å²) in [6, 6.07) is 0. The zero-order chi connectivity index (χ0) is 20.3. The van der Waals surface area contributed by atoms with Crippen molar-refractivity contribution in [3.63, 3.8) is 0 Å². The molecule has 2 unspecified atom stereocenters. The molecule has 0 aromatic carbocycles. The van der Waals surface area contributed by atoms with Crippen LogP contribution in [0.5, 0.6) is 0 Å². The maximum atomic E-state index is 11.8. The first kappa shape index (κ1) is 25.9. The Hall–Kier alpha value is -1.10. The summed E-state index contributed by atoms with van der Waals surface area (Å²) in [5, 5.41) is 18.8. The van der Waals surface area contributed by atoms with Crippen molar-refractivity contribution >= 4 is 11.9 Å². The highest BCUT2D eigenvalue weighted by atomic mass is 16.5. The van der Waals surface area contributed by atoms with Gasteiger partial charge in [-0.25, -0.2) is 0 Å². The van der Waals surface area contributed by atoms with Crippen molar-refractivity contribution in [1.29, 1.82) is 0 Å². The Morgan fingerprint density at radius 3 is 1.74 bits per heavy atom. The summed E-state index contributed by atoms with van der Waals surface area (Å²) in [4.78, 5) is 22.6. The third kappa shape index (κ3) is 18.0. The average Bonchev–Trinajstić information content (AvgIpc) is 2.59. The van der Waals surface area contributed by atoms with Crippen LogP contribution in [-0.4, -0.2) is 34.4 Å². The van der Waals surface area contributed by atoms with E-state index in [2.05, 4.69) is 6.92 Å². The van der Waals surface area contributed by atoms with Crippen molar-refractivity contribution in [3.8, 4) is 0 Å². The monoisotopic (exact) mass is 386 g/mol. The number of carboxylic acid groups (broad SMARTS) is 1. The first-order valence-corrected chi connectivity index (χ1v) is 11.1. The number of carbonyl (C=O) groups excluding carboxylic acids is 1. The number of aliphatic hydroxyl groups excluding tert-OH is 1. The van der Waals surface area contributed by atoms with Crippen molar-refractivity contribution in [3.05, 3.63) is 0 Å². The van der Waals surface area contributed by atoms with Crippen LogP contribution in [0.4, 0.5) is 0 Å². The number of esters is 1. The van der Waals surface area contributed by atoms with Gasteiger partial charge >= 0.3 is 11.9 Å². The molecule has 0 aliphatic carbocycles. The highest BCUT2D eigenvalue weighted by Gasteiger charge is 2.19. The second-order valence-corrected chi connectivity index (χ2v) is 7.68. The van der Waals surface area contributed by atoms with E-state index in [0.29, 0.717) is 12.8 Å². The Morgan fingerprint density at radius 1 is 0.741 bits per heavy atom. The Bertz CT molecular complexity index is 370. The fourth-order valence-corrected chi connectivity index (χ4v) is 3.29. The third-order valence-corrected chi connectivity index (χ3v) is 4.85. The second kappa shape index (κ2) is 18.3. The fraction of sp³-hybridized carbons (Fsp3) is 0.909. The van der Waals surface area contributed by atoms with E-state index < -0.39 is 24.1 Å². The highest BCUT2D eigenvalue weighted by Crippen LogP contribution is 2.14. The molecule has 2 atom stereocenters. The molecule has 0 aromatic heterocycles. The summed E-state index contributed by atoms with van der Waals surface area (Å²) in [5.41, 5.74) is 0. The van der Waals surface area contributed by atoms with E-state index in [0.717, 1.165) is 19.3 Å². The van der Waals surface area contributed by atoms with E-state index in [4.69, 9.17) is 9.84 Å². The third-order valence-electron chi connectivity index (χ3n) is 4.85. The fourth-order valence-electron chi connectivity index (χ4n) is 3.29. The van der Waals surface area contributed by atoms with Crippen LogP contribution in [0.1, 0.15) is 117 Å². The predicted octanol–water partition coefficient (Wildman–Crippen LogP) is 5.63. The van der Waals surface area contributed by atoms with Gasteiger partial charge in [-0.1, -0.05) is 90.9 Å². The number of aliphatic hydroxyl groups is 1. The Balaban J connectivity index is 3.62. The van der Waals surface area contributed by atoms with Gasteiger partial charge in [-0.05, 0) is 12.8 Å². The van der Waals surface area contributed by atoms with Crippen molar-refractivity contribution in [1.82, 2.24) is 0 Å². The number of aliphatic carboxylic acids is 1. The predicted molar refractivity (Wildman–Crippen MR) is 109 cm³/mol. The number of hydrogen-bond acceptors (Lipinski definition) is 4. The molecule has 0 spiro atoms. The van der Waals surface area contributed by atoms with Gasteiger partial charge in [-0.3, -0.25) is 9.59 Å². The van der Waals surface area contributed by atoms with Gasteiger partial charge in [0.25, 0.3) is 0 Å². The maximum Gasteiger partial charge on any atom is 0.308 e. The van der Waals surface area contributed by atoms with E-state index in [1.165, 1.54) is 57.8 Å². The molecule has 0 amide bonds. The Morgan fingerprint density at radius 2 is 1.26 bits per heavy atom. The van der Waals surface area contributed by atoms with Gasteiger partial charge in [0.2, 0.25) is 0 Å². The average molecular weight is 387 g/mol. The van der Waals surface area contributed by atoms with Crippen LogP contribution in [0.25, 0.3) is 0 Å². The van der Waals surface area contributed by atoms with Crippen LogP contribution in [0, 0.1) is 0 Å². The molecule has 0 saturated carbocycles. The first-order valence-electron chi connectivity index (χ1n) is 11.1. The smallest absolute Gasteiger partial charge is 0.308 e. The first-order chi connectivity index (χ1) is 13.0. The van der Waals surface area contributed by atoms with Crippen molar-refractivity contribution in [2.45, 2.75) is 129 Å². The zero-order valence-corrected chi connectivity index (χ0v) is 17.6. The summed E-state index contributed by atoms with van der Waals surface area (Å²) in [6.45, 7) is 4.16. The maximum absolute atomic E-state index is 11.8. The molecule has 0 saturated heterocycles. The molecule has 0 fully saturated rings. The van der Waals surface area contributed by atoms with Crippen LogP contribution >= 0.6 is 0 Å². The minimum atomic E-state index is -0.970. The molecule has 5 heteroatoms. The summed E-state index contributed by atoms with van der Waals surface area (Å²) in [5.74, 6) is -1.46. The Labute approximate surface area is 165 Å². The van der Waals surface area contributed by atoms with Crippen LogP contribution in [-0.2, 0) is 14.3 Å². The number of rotatable bonds is 19. The van der Waals surface area contributed by atoms with Crippen LogP contribution in [0.3, 0.4) is 0 Å². The van der Waals surface area contributed by atoms with Gasteiger partial charge < -0.3 is 14.9 Å². The van der Waals surface area contributed by atoms with Gasteiger partial charge in [0.1, 0.15) is 6.10 Å². The van der Waals surface area contributed by atoms with Gasteiger partial charge in [-0.15, -0.1) is 0 Å². The van der Waals surface area contributed by atoms with Crippen molar-refractivity contribution in [2.75, 3.05) is 0 Å². The van der Waals surface area contributed by atoms with Crippen molar-refractivity contribution in [2.24, 2.45) is 0 Å². The van der Waals surface area contributed by atoms with E-state index >= 15 is 0 Å². The normalized spacial score (nSPS) is 13.3. The number of carboxylic acids is 1. The number of ether oxygens (including phenoxy) is 1. The lowest BCUT2D eigenvalue weighted by molar-refractivity contribution is -0.155. The molecule has 0 radical (unpaired) electrons. The lowest BCUT2D eigenvalue weighted by atomic mass is 10.0. The van der Waals surface area contributed by atoms with Gasteiger partial charge in [0.05, 0.1) is 18.9 Å². The quantitative estimate of drug-likeness (QED) is 0.222. The lowest BCUT2D eigenvalue weighted by Crippen LogP contribution is -2.24. The number of hydrogen-bond donors (Lipinski definition) is 2. The van der Waals surface area contributed by atoms with Crippen LogP contribution in [0.15, 0.2) is 0 Å². The SMILES string of the molecule is CCCCCCCCCCCCCC(O)CC(=O)OC(CCC)CC(=O)O. The minimum Gasteiger partial charge on any atom is -0.481 e. The Kier molecular flexibility index (Phi) is 17.5. The van der Waals surface area contributed by atoms with Crippen LogP contribution < -0.4 is 0 Å². The molecule has 0 aromatic rings. The molecular weight excluding hydrogens is 344 g/mol. The van der Waals surface area contributed by atoms with E-state index in [1.807, 2.05) is 6.92 Å². The molecule has 2 N–H and O–H groups in total. The lowest BCUT2D eigenvalue weighted by Gasteiger charge is -2.17.